The van der Waals surface area contributed by atoms with E-state index in [4.69, 9.17) is 0 Å². The molecule has 13 heavy (non-hydrogen) atoms. The first kappa shape index (κ1) is 12.7. The molecule has 0 aromatic heterocycles. The number of hydrogen-bond donors (Lipinski definition) is 0. The fraction of sp³-hybridized carbons (Fsp3) is 0.846. The SMILES string of the molecule is CC(C)/C=C\CC(C)CCC(C)C. The van der Waals surface area contributed by atoms with Crippen molar-refractivity contribution in [2.45, 2.75) is 53.9 Å². The minimum Gasteiger partial charge on any atom is -0.0880 e. The third-order valence-corrected chi connectivity index (χ3v) is 2.30. The van der Waals surface area contributed by atoms with Gasteiger partial charge in [0.1, 0.15) is 0 Å². The van der Waals surface area contributed by atoms with Gasteiger partial charge in [-0.25, -0.2) is 0 Å². The van der Waals surface area contributed by atoms with Gasteiger partial charge in [-0.1, -0.05) is 59.6 Å². The van der Waals surface area contributed by atoms with E-state index in [-0.39, 0.29) is 0 Å². The Morgan fingerprint density at radius 1 is 0.923 bits per heavy atom. The van der Waals surface area contributed by atoms with Gasteiger partial charge in [-0.15, -0.1) is 0 Å². The second-order valence-electron chi connectivity index (χ2n) is 4.98. The predicted molar refractivity (Wildman–Crippen MR) is 61.8 cm³/mol. The highest BCUT2D eigenvalue weighted by molar-refractivity contribution is 4.85. The summed E-state index contributed by atoms with van der Waals surface area (Å²) < 4.78 is 0. The highest BCUT2D eigenvalue weighted by atomic mass is 14.1. The molecule has 0 saturated heterocycles. The molecule has 0 amide bonds. The zero-order chi connectivity index (χ0) is 10.3. The van der Waals surface area contributed by atoms with Gasteiger partial charge in [0, 0.05) is 0 Å². The second-order valence-corrected chi connectivity index (χ2v) is 4.98. The maximum absolute atomic E-state index is 2.35. The summed E-state index contributed by atoms with van der Waals surface area (Å²) in [6.07, 6.45) is 8.66. The fourth-order valence-electron chi connectivity index (χ4n) is 1.32. The molecule has 1 unspecified atom stereocenters. The van der Waals surface area contributed by atoms with Crippen molar-refractivity contribution < 1.29 is 0 Å². The van der Waals surface area contributed by atoms with Crippen LogP contribution < -0.4 is 0 Å². The summed E-state index contributed by atoms with van der Waals surface area (Å²) in [5.41, 5.74) is 0. The first-order valence-electron chi connectivity index (χ1n) is 5.69. The molecule has 0 aromatic carbocycles. The molecular formula is C13H26. The molecule has 0 aliphatic heterocycles. The zero-order valence-corrected chi connectivity index (χ0v) is 10.0. The Bertz CT molecular complexity index is 131. The zero-order valence-electron chi connectivity index (χ0n) is 10.0. The van der Waals surface area contributed by atoms with Gasteiger partial charge in [-0.05, 0) is 24.2 Å². The van der Waals surface area contributed by atoms with Crippen molar-refractivity contribution in [3.05, 3.63) is 12.2 Å². The molecule has 0 heteroatoms. The van der Waals surface area contributed by atoms with Gasteiger partial charge < -0.3 is 0 Å². The molecule has 1 atom stereocenters. The Balaban J connectivity index is 3.45. The maximum Gasteiger partial charge on any atom is -0.0290 e. The molecule has 0 aliphatic carbocycles. The Morgan fingerprint density at radius 2 is 1.54 bits per heavy atom. The van der Waals surface area contributed by atoms with Crippen molar-refractivity contribution in [1.29, 1.82) is 0 Å². The standard InChI is InChI=1S/C13H26/c1-11(2)7-6-8-13(5)10-9-12(3)4/h6-7,11-13H,8-10H2,1-5H3/b7-6-. The summed E-state index contributed by atoms with van der Waals surface area (Å²) in [5, 5.41) is 0. The topological polar surface area (TPSA) is 0 Å². The van der Waals surface area contributed by atoms with E-state index in [1.807, 2.05) is 0 Å². The number of hydrogen-bond acceptors (Lipinski definition) is 0. The molecule has 0 radical (unpaired) electrons. The molecule has 0 rings (SSSR count). The quantitative estimate of drug-likeness (QED) is 0.524. The lowest BCUT2D eigenvalue weighted by atomic mass is 9.96. The van der Waals surface area contributed by atoms with Gasteiger partial charge >= 0.3 is 0 Å². The molecule has 78 valence electrons. The van der Waals surface area contributed by atoms with E-state index < -0.39 is 0 Å². The smallest absolute Gasteiger partial charge is 0.0290 e. The summed E-state index contributed by atoms with van der Waals surface area (Å²) in [4.78, 5) is 0. The molecule has 0 spiro atoms. The molecule has 0 N–H and O–H groups in total. The van der Waals surface area contributed by atoms with Crippen LogP contribution in [0, 0.1) is 17.8 Å². The summed E-state index contributed by atoms with van der Waals surface area (Å²) in [7, 11) is 0. The monoisotopic (exact) mass is 182 g/mol. The van der Waals surface area contributed by atoms with Crippen molar-refractivity contribution in [3.63, 3.8) is 0 Å². The first-order chi connectivity index (χ1) is 6.02. The average Bonchev–Trinajstić information content (AvgIpc) is 2.00. The molecule has 0 saturated carbocycles. The van der Waals surface area contributed by atoms with E-state index in [9.17, 15) is 0 Å². The van der Waals surface area contributed by atoms with Crippen molar-refractivity contribution in [2.75, 3.05) is 0 Å². The molecule has 0 aromatic rings. The van der Waals surface area contributed by atoms with E-state index >= 15 is 0 Å². The molecule has 0 bridgehead atoms. The molecule has 0 fully saturated rings. The lowest BCUT2D eigenvalue weighted by molar-refractivity contribution is 0.453. The highest BCUT2D eigenvalue weighted by Gasteiger charge is 2.01. The van der Waals surface area contributed by atoms with Crippen molar-refractivity contribution >= 4 is 0 Å². The molecule has 0 aliphatic rings. The Labute approximate surface area is 84.4 Å². The predicted octanol–water partition coefficient (Wildman–Crippen LogP) is 4.66. The Kier molecular flexibility index (Phi) is 7.03. The van der Waals surface area contributed by atoms with Gasteiger partial charge in [0.05, 0.1) is 0 Å². The number of rotatable bonds is 6. The molecular weight excluding hydrogens is 156 g/mol. The van der Waals surface area contributed by atoms with Crippen LogP contribution in [0.1, 0.15) is 53.9 Å². The normalized spacial score (nSPS) is 14.7. The van der Waals surface area contributed by atoms with Crippen LogP contribution in [0.5, 0.6) is 0 Å². The third-order valence-electron chi connectivity index (χ3n) is 2.30. The van der Waals surface area contributed by atoms with Crippen LogP contribution in [-0.2, 0) is 0 Å². The van der Waals surface area contributed by atoms with E-state index in [0.717, 1.165) is 11.8 Å². The minimum absolute atomic E-state index is 0.706. The van der Waals surface area contributed by atoms with Crippen LogP contribution in [0.25, 0.3) is 0 Å². The molecule has 0 nitrogen and oxygen atoms in total. The van der Waals surface area contributed by atoms with E-state index in [1.165, 1.54) is 19.3 Å². The Morgan fingerprint density at radius 3 is 2.00 bits per heavy atom. The fourth-order valence-corrected chi connectivity index (χ4v) is 1.32. The van der Waals surface area contributed by atoms with E-state index in [0.29, 0.717) is 5.92 Å². The van der Waals surface area contributed by atoms with Gasteiger partial charge in [-0.3, -0.25) is 0 Å². The van der Waals surface area contributed by atoms with Crippen LogP contribution >= 0.6 is 0 Å². The highest BCUT2D eigenvalue weighted by Crippen LogP contribution is 2.15. The summed E-state index contributed by atoms with van der Waals surface area (Å²) in [6, 6.07) is 0. The second kappa shape index (κ2) is 7.17. The average molecular weight is 182 g/mol. The van der Waals surface area contributed by atoms with Crippen LogP contribution in [0.15, 0.2) is 12.2 Å². The van der Waals surface area contributed by atoms with Gasteiger partial charge in [0.25, 0.3) is 0 Å². The van der Waals surface area contributed by atoms with Gasteiger partial charge in [0.15, 0.2) is 0 Å². The molecule has 0 heterocycles. The summed E-state index contributed by atoms with van der Waals surface area (Å²) in [6.45, 7) is 11.4. The van der Waals surface area contributed by atoms with Crippen molar-refractivity contribution in [1.82, 2.24) is 0 Å². The first-order valence-corrected chi connectivity index (χ1v) is 5.69. The van der Waals surface area contributed by atoms with Crippen LogP contribution in [0.2, 0.25) is 0 Å². The van der Waals surface area contributed by atoms with E-state index in [2.05, 4.69) is 46.8 Å². The van der Waals surface area contributed by atoms with Crippen LogP contribution in [0.4, 0.5) is 0 Å². The summed E-state index contributed by atoms with van der Waals surface area (Å²) in [5.74, 6) is 2.42. The van der Waals surface area contributed by atoms with Crippen LogP contribution in [-0.4, -0.2) is 0 Å². The van der Waals surface area contributed by atoms with Crippen molar-refractivity contribution in [3.8, 4) is 0 Å². The minimum atomic E-state index is 0.706. The summed E-state index contributed by atoms with van der Waals surface area (Å²) >= 11 is 0. The van der Waals surface area contributed by atoms with Crippen LogP contribution in [0.3, 0.4) is 0 Å². The third kappa shape index (κ3) is 9.66. The lowest BCUT2D eigenvalue weighted by Crippen LogP contribution is -1.96. The number of allylic oxidation sites excluding steroid dienone is 2. The van der Waals surface area contributed by atoms with Gasteiger partial charge in [-0.2, -0.15) is 0 Å². The van der Waals surface area contributed by atoms with Gasteiger partial charge in [0.2, 0.25) is 0 Å². The van der Waals surface area contributed by atoms with Crippen molar-refractivity contribution in [2.24, 2.45) is 17.8 Å². The Hall–Kier alpha value is -0.260. The lowest BCUT2D eigenvalue weighted by Gasteiger charge is -2.10. The van der Waals surface area contributed by atoms with E-state index in [1.54, 1.807) is 0 Å². The largest absolute Gasteiger partial charge is 0.0880 e. The maximum atomic E-state index is 2.35.